The molecular formula is C10H26O7Si2. The van der Waals surface area contributed by atoms with E-state index >= 15 is 0 Å². The fraction of sp³-hybridized carbons (Fsp3) is 1.00. The van der Waals surface area contributed by atoms with Gasteiger partial charge in [0, 0.05) is 40.6 Å². The molecule has 0 saturated carbocycles. The predicted octanol–water partition coefficient (Wildman–Crippen LogP) is 1.31. The molecule has 0 amide bonds. The van der Waals surface area contributed by atoms with Crippen molar-refractivity contribution in [2.75, 3.05) is 40.6 Å². The Labute approximate surface area is 118 Å². The zero-order chi connectivity index (χ0) is 14.8. The van der Waals surface area contributed by atoms with Gasteiger partial charge in [-0.3, -0.25) is 0 Å². The summed E-state index contributed by atoms with van der Waals surface area (Å²) in [6.07, 6.45) is 0. The van der Waals surface area contributed by atoms with Gasteiger partial charge < -0.3 is 30.7 Å². The Morgan fingerprint density at radius 1 is 0.579 bits per heavy atom. The maximum atomic E-state index is 5.83. The van der Waals surface area contributed by atoms with E-state index in [0.29, 0.717) is 26.4 Å². The lowest BCUT2D eigenvalue weighted by atomic mass is 10.9. The van der Waals surface area contributed by atoms with Gasteiger partial charge in [-0.2, -0.15) is 0 Å². The van der Waals surface area contributed by atoms with E-state index in [2.05, 4.69) is 0 Å². The van der Waals surface area contributed by atoms with Crippen LogP contribution in [0.15, 0.2) is 0 Å². The molecule has 116 valence electrons. The summed E-state index contributed by atoms with van der Waals surface area (Å²) < 4.78 is 38.6. The maximum absolute atomic E-state index is 5.83. The summed E-state index contributed by atoms with van der Waals surface area (Å²) in [5, 5.41) is 0. The van der Waals surface area contributed by atoms with Crippen LogP contribution in [0, 0.1) is 0 Å². The van der Waals surface area contributed by atoms with Gasteiger partial charge in [0.2, 0.25) is 0 Å². The molecule has 0 aromatic rings. The van der Waals surface area contributed by atoms with Gasteiger partial charge in [0.1, 0.15) is 0 Å². The minimum Gasteiger partial charge on any atom is -0.355 e. The van der Waals surface area contributed by atoms with Crippen molar-refractivity contribution in [3.8, 4) is 0 Å². The molecule has 0 fully saturated rings. The van der Waals surface area contributed by atoms with Crippen LogP contribution in [0.5, 0.6) is 0 Å². The molecule has 0 unspecified atom stereocenters. The van der Waals surface area contributed by atoms with Gasteiger partial charge in [-0.1, -0.05) is 0 Å². The standard InChI is InChI=1S/C10H26O7Si2/c1-7-13-18(11-5,14-8-2)17-19(12-6,15-9-3)16-10-4/h7-10H2,1-6H3. The van der Waals surface area contributed by atoms with E-state index in [1.165, 1.54) is 14.2 Å². The van der Waals surface area contributed by atoms with Crippen molar-refractivity contribution < 1.29 is 30.7 Å². The molecule has 0 aliphatic rings. The first kappa shape index (κ1) is 19.2. The molecule has 0 bridgehead atoms. The second-order valence-electron chi connectivity index (χ2n) is 3.24. The molecule has 19 heavy (non-hydrogen) atoms. The van der Waals surface area contributed by atoms with Crippen LogP contribution in [0.2, 0.25) is 0 Å². The third-order valence-corrected chi connectivity index (χ3v) is 7.60. The summed E-state index contributed by atoms with van der Waals surface area (Å²) in [5.74, 6) is 0. The average molecular weight is 314 g/mol. The Balaban J connectivity index is 5.08. The number of hydrogen-bond donors (Lipinski definition) is 0. The molecule has 0 heterocycles. The number of hydrogen-bond acceptors (Lipinski definition) is 7. The molecule has 0 aliphatic heterocycles. The lowest BCUT2D eigenvalue weighted by molar-refractivity contribution is -0.0497. The van der Waals surface area contributed by atoms with Crippen molar-refractivity contribution in [1.29, 1.82) is 0 Å². The second-order valence-corrected chi connectivity index (χ2v) is 8.03. The molecular weight excluding hydrogens is 288 g/mol. The van der Waals surface area contributed by atoms with Gasteiger partial charge in [0.25, 0.3) is 0 Å². The predicted molar refractivity (Wildman–Crippen MR) is 73.1 cm³/mol. The number of rotatable bonds is 12. The van der Waals surface area contributed by atoms with Crippen LogP contribution in [-0.2, 0) is 30.7 Å². The van der Waals surface area contributed by atoms with E-state index in [0.717, 1.165) is 0 Å². The highest BCUT2D eigenvalue weighted by Gasteiger charge is 2.58. The maximum Gasteiger partial charge on any atom is 0.673 e. The van der Waals surface area contributed by atoms with Crippen molar-refractivity contribution in [3.05, 3.63) is 0 Å². The van der Waals surface area contributed by atoms with Crippen LogP contribution in [0.4, 0.5) is 0 Å². The van der Waals surface area contributed by atoms with E-state index in [1.54, 1.807) is 0 Å². The average Bonchev–Trinajstić information content (AvgIpc) is 2.39. The zero-order valence-electron chi connectivity index (χ0n) is 12.7. The van der Waals surface area contributed by atoms with Crippen LogP contribution in [0.3, 0.4) is 0 Å². The van der Waals surface area contributed by atoms with Crippen molar-refractivity contribution in [1.82, 2.24) is 0 Å². The van der Waals surface area contributed by atoms with Crippen LogP contribution in [0.1, 0.15) is 27.7 Å². The highest BCUT2D eigenvalue weighted by Crippen LogP contribution is 2.21. The molecule has 0 saturated heterocycles. The minimum absolute atomic E-state index is 0.395. The van der Waals surface area contributed by atoms with Crippen molar-refractivity contribution in [3.63, 3.8) is 0 Å². The second kappa shape index (κ2) is 9.96. The molecule has 0 rings (SSSR count). The summed E-state index contributed by atoms with van der Waals surface area (Å²) in [7, 11) is -3.67. The molecule has 0 aromatic heterocycles. The fourth-order valence-electron chi connectivity index (χ4n) is 1.38. The molecule has 0 spiro atoms. The monoisotopic (exact) mass is 314 g/mol. The van der Waals surface area contributed by atoms with Crippen molar-refractivity contribution in [2.45, 2.75) is 27.7 Å². The Bertz CT molecular complexity index is 196. The molecule has 0 aromatic carbocycles. The van der Waals surface area contributed by atoms with Gasteiger partial charge in [-0.25, -0.2) is 0 Å². The van der Waals surface area contributed by atoms with Crippen LogP contribution in [0.25, 0.3) is 0 Å². The normalized spacial score (nSPS) is 12.9. The van der Waals surface area contributed by atoms with Gasteiger partial charge in [-0.15, -0.1) is 0 Å². The van der Waals surface area contributed by atoms with E-state index in [4.69, 9.17) is 30.7 Å². The molecule has 9 heteroatoms. The Kier molecular flexibility index (Phi) is 10.0. The van der Waals surface area contributed by atoms with Crippen LogP contribution < -0.4 is 0 Å². The molecule has 0 N–H and O–H groups in total. The molecule has 0 atom stereocenters. The van der Waals surface area contributed by atoms with Crippen molar-refractivity contribution in [2.24, 2.45) is 0 Å². The molecule has 0 radical (unpaired) electrons. The largest absolute Gasteiger partial charge is 0.673 e. The molecule has 7 nitrogen and oxygen atoms in total. The van der Waals surface area contributed by atoms with E-state index in [1.807, 2.05) is 27.7 Å². The first-order valence-corrected chi connectivity index (χ1v) is 9.70. The summed E-state index contributed by atoms with van der Waals surface area (Å²) in [5.41, 5.74) is 0. The Morgan fingerprint density at radius 3 is 1.00 bits per heavy atom. The van der Waals surface area contributed by atoms with Crippen molar-refractivity contribution >= 4 is 18.1 Å². The molecule has 0 aliphatic carbocycles. The SMILES string of the molecule is CCO[Si](OC)(OCC)O[Si](OC)(OCC)OCC. The topological polar surface area (TPSA) is 64.6 Å². The lowest BCUT2D eigenvalue weighted by Crippen LogP contribution is -2.61. The van der Waals surface area contributed by atoms with E-state index < -0.39 is 18.1 Å². The Hall–Kier alpha value is 0.154. The third kappa shape index (κ3) is 5.98. The summed E-state index contributed by atoms with van der Waals surface area (Å²) >= 11 is 0. The Morgan fingerprint density at radius 2 is 0.842 bits per heavy atom. The quantitative estimate of drug-likeness (QED) is 0.503. The summed E-state index contributed by atoms with van der Waals surface area (Å²) in [6.45, 7) is 8.92. The van der Waals surface area contributed by atoms with E-state index in [9.17, 15) is 0 Å². The lowest BCUT2D eigenvalue weighted by Gasteiger charge is -2.33. The highest BCUT2D eigenvalue weighted by molar-refractivity contribution is 6.68. The van der Waals surface area contributed by atoms with E-state index in [-0.39, 0.29) is 0 Å². The zero-order valence-corrected chi connectivity index (χ0v) is 14.7. The first-order chi connectivity index (χ1) is 9.07. The van der Waals surface area contributed by atoms with Crippen LogP contribution in [-0.4, -0.2) is 58.7 Å². The first-order valence-electron chi connectivity index (χ1n) is 6.43. The van der Waals surface area contributed by atoms with Gasteiger partial charge in [-0.05, 0) is 27.7 Å². The van der Waals surface area contributed by atoms with Crippen LogP contribution >= 0.6 is 0 Å². The summed E-state index contributed by atoms with van der Waals surface area (Å²) in [4.78, 5) is 0. The fourth-order valence-corrected chi connectivity index (χ4v) is 6.27. The minimum atomic E-state index is -3.31. The van der Waals surface area contributed by atoms with Gasteiger partial charge in [0.15, 0.2) is 0 Å². The smallest absolute Gasteiger partial charge is 0.355 e. The van der Waals surface area contributed by atoms with Gasteiger partial charge in [0.05, 0.1) is 0 Å². The third-order valence-electron chi connectivity index (χ3n) is 2.03. The van der Waals surface area contributed by atoms with Gasteiger partial charge >= 0.3 is 18.1 Å². The summed E-state index contributed by atoms with van der Waals surface area (Å²) in [6, 6.07) is 0. The highest BCUT2D eigenvalue weighted by atomic mass is 28.5.